The Hall–Kier alpha value is -1.89. The van der Waals surface area contributed by atoms with E-state index in [9.17, 15) is 14.7 Å². The molecule has 0 bridgehead atoms. The summed E-state index contributed by atoms with van der Waals surface area (Å²) in [6.45, 7) is 4.96. The van der Waals surface area contributed by atoms with Gasteiger partial charge < -0.3 is 14.6 Å². The van der Waals surface area contributed by atoms with Crippen molar-refractivity contribution < 1.29 is 14.7 Å². The molecule has 132 valence electrons. The SMILES string of the molecule is CC(C(=O)O)N1CC2(CCC1=O)CCN(Cc1nccn1C)CC2. The lowest BCUT2D eigenvalue weighted by Crippen LogP contribution is -2.55. The van der Waals surface area contributed by atoms with Crippen LogP contribution in [0.4, 0.5) is 0 Å². The largest absolute Gasteiger partial charge is 0.480 e. The number of carbonyl (C=O) groups excluding carboxylic acids is 1. The van der Waals surface area contributed by atoms with E-state index in [1.807, 2.05) is 24.0 Å². The zero-order chi connectivity index (χ0) is 17.3. The Kier molecular flexibility index (Phi) is 4.62. The number of carboxylic acids is 1. The molecule has 1 amide bonds. The minimum absolute atomic E-state index is 0.0223. The first-order valence-corrected chi connectivity index (χ1v) is 8.61. The monoisotopic (exact) mass is 334 g/mol. The molecular formula is C17H26N4O3. The summed E-state index contributed by atoms with van der Waals surface area (Å²) in [5.41, 5.74) is 0.0791. The Labute approximate surface area is 142 Å². The standard InChI is InChI=1S/C17H26N4O3/c1-13(16(23)24)21-12-17(4-3-15(21)22)5-8-20(9-6-17)11-14-18-7-10-19(14)2/h7,10,13H,3-6,8-9,11-12H2,1-2H3,(H,23,24). The van der Waals surface area contributed by atoms with Crippen LogP contribution in [0.25, 0.3) is 0 Å². The van der Waals surface area contributed by atoms with Crippen molar-refractivity contribution in [1.29, 1.82) is 0 Å². The van der Waals surface area contributed by atoms with Crippen LogP contribution in [-0.4, -0.2) is 62.0 Å². The number of carboxylic acid groups (broad SMARTS) is 1. The van der Waals surface area contributed by atoms with Gasteiger partial charge in [0.1, 0.15) is 11.9 Å². The van der Waals surface area contributed by atoms with Crippen LogP contribution in [0.1, 0.15) is 38.4 Å². The maximum absolute atomic E-state index is 12.1. The minimum Gasteiger partial charge on any atom is -0.480 e. The van der Waals surface area contributed by atoms with Crippen molar-refractivity contribution in [2.45, 2.75) is 45.2 Å². The quantitative estimate of drug-likeness (QED) is 0.892. The molecule has 3 rings (SSSR count). The van der Waals surface area contributed by atoms with E-state index in [1.54, 1.807) is 11.8 Å². The molecule has 24 heavy (non-hydrogen) atoms. The molecule has 2 fully saturated rings. The van der Waals surface area contributed by atoms with E-state index in [0.29, 0.717) is 13.0 Å². The van der Waals surface area contributed by atoms with Crippen molar-refractivity contribution in [2.75, 3.05) is 19.6 Å². The molecule has 2 aliphatic heterocycles. The molecule has 3 heterocycles. The normalized spacial score (nSPS) is 22.8. The fourth-order valence-corrected chi connectivity index (χ4v) is 3.87. The molecule has 1 aromatic rings. The maximum atomic E-state index is 12.1. The lowest BCUT2D eigenvalue weighted by Gasteiger charge is -2.48. The van der Waals surface area contributed by atoms with Gasteiger partial charge in [0.2, 0.25) is 5.91 Å². The number of nitrogens with zero attached hydrogens (tertiary/aromatic N) is 4. The van der Waals surface area contributed by atoms with E-state index in [2.05, 4.69) is 9.88 Å². The number of rotatable bonds is 4. The van der Waals surface area contributed by atoms with Crippen molar-refractivity contribution in [2.24, 2.45) is 12.5 Å². The number of hydrogen-bond acceptors (Lipinski definition) is 4. The fourth-order valence-electron chi connectivity index (χ4n) is 3.87. The summed E-state index contributed by atoms with van der Waals surface area (Å²) in [6, 6.07) is -0.736. The zero-order valence-electron chi connectivity index (χ0n) is 14.4. The maximum Gasteiger partial charge on any atom is 0.326 e. The number of aliphatic carboxylic acids is 1. The summed E-state index contributed by atoms with van der Waals surface area (Å²) in [5.74, 6) is 0.115. The van der Waals surface area contributed by atoms with Crippen LogP contribution < -0.4 is 0 Å². The Bertz CT molecular complexity index is 619. The van der Waals surface area contributed by atoms with Crippen LogP contribution in [0.3, 0.4) is 0 Å². The van der Waals surface area contributed by atoms with Gasteiger partial charge in [-0.3, -0.25) is 9.69 Å². The number of piperidine rings is 2. The second-order valence-electron chi connectivity index (χ2n) is 7.27. The van der Waals surface area contributed by atoms with Gasteiger partial charge in [-0.1, -0.05) is 0 Å². The van der Waals surface area contributed by atoms with Crippen LogP contribution >= 0.6 is 0 Å². The molecule has 0 saturated carbocycles. The molecule has 7 nitrogen and oxygen atoms in total. The highest BCUT2D eigenvalue weighted by atomic mass is 16.4. The number of likely N-dealkylation sites (tertiary alicyclic amines) is 2. The predicted molar refractivity (Wildman–Crippen MR) is 88.2 cm³/mol. The van der Waals surface area contributed by atoms with E-state index >= 15 is 0 Å². The number of aryl methyl sites for hydroxylation is 1. The molecule has 1 N–H and O–H groups in total. The van der Waals surface area contributed by atoms with E-state index in [-0.39, 0.29) is 11.3 Å². The molecule has 7 heteroatoms. The number of amides is 1. The average Bonchev–Trinajstić information content (AvgIpc) is 2.96. The zero-order valence-corrected chi connectivity index (χ0v) is 14.4. The van der Waals surface area contributed by atoms with Crippen LogP contribution in [0, 0.1) is 5.41 Å². The summed E-state index contributed by atoms with van der Waals surface area (Å²) < 4.78 is 2.04. The van der Waals surface area contributed by atoms with Gasteiger partial charge in [-0.15, -0.1) is 0 Å². The average molecular weight is 334 g/mol. The van der Waals surface area contributed by atoms with Gasteiger partial charge in [0.15, 0.2) is 0 Å². The van der Waals surface area contributed by atoms with Crippen molar-refractivity contribution in [3.8, 4) is 0 Å². The first-order valence-electron chi connectivity index (χ1n) is 8.61. The van der Waals surface area contributed by atoms with Crippen molar-refractivity contribution >= 4 is 11.9 Å². The van der Waals surface area contributed by atoms with Gasteiger partial charge in [0, 0.05) is 32.4 Å². The summed E-state index contributed by atoms with van der Waals surface area (Å²) in [4.78, 5) is 31.7. The number of imidazole rings is 1. The molecule has 2 saturated heterocycles. The van der Waals surface area contributed by atoms with Crippen LogP contribution in [0.2, 0.25) is 0 Å². The molecular weight excluding hydrogens is 308 g/mol. The van der Waals surface area contributed by atoms with Gasteiger partial charge in [-0.05, 0) is 44.7 Å². The predicted octanol–water partition coefficient (Wildman–Crippen LogP) is 1.10. The molecule has 1 spiro atoms. The molecule has 1 unspecified atom stereocenters. The van der Waals surface area contributed by atoms with Crippen molar-refractivity contribution in [1.82, 2.24) is 19.4 Å². The second kappa shape index (κ2) is 6.55. The van der Waals surface area contributed by atoms with Crippen LogP contribution in [0.15, 0.2) is 12.4 Å². The molecule has 2 aliphatic rings. The van der Waals surface area contributed by atoms with Gasteiger partial charge in [-0.2, -0.15) is 0 Å². The van der Waals surface area contributed by atoms with Gasteiger partial charge in [0.25, 0.3) is 0 Å². The molecule has 1 aromatic heterocycles. The molecule has 0 aliphatic carbocycles. The number of carbonyl (C=O) groups is 2. The first-order chi connectivity index (χ1) is 11.4. The Balaban J connectivity index is 1.61. The Morgan fingerprint density at radius 2 is 2.08 bits per heavy atom. The van der Waals surface area contributed by atoms with Gasteiger partial charge >= 0.3 is 5.97 Å². The van der Waals surface area contributed by atoms with Crippen LogP contribution in [0.5, 0.6) is 0 Å². The third-order valence-corrected chi connectivity index (χ3v) is 5.72. The third kappa shape index (κ3) is 3.31. The summed E-state index contributed by atoms with van der Waals surface area (Å²) in [6.07, 6.45) is 7.14. The van der Waals surface area contributed by atoms with Crippen molar-refractivity contribution in [3.63, 3.8) is 0 Å². The fraction of sp³-hybridized carbons (Fsp3) is 0.706. The van der Waals surface area contributed by atoms with Crippen molar-refractivity contribution in [3.05, 3.63) is 18.2 Å². The highest BCUT2D eigenvalue weighted by Crippen LogP contribution is 2.41. The molecule has 1 atom stereocenters. The third-order valence-electron chi connectivity index (χ3n) is 5.72. The summed E-state index contributed by atoms with van der Waals surface area (Å²) in [5, 5.41) is 9.24. The smallest absolute Gasteiger partial charge is 0.326 e. The number of hydrogen-bond donors (Lipinski definition) is 1. The van der Waals surface area contributed by atoms with E-state index in [0.717, 1.165) is 44.7 Å². The minimum atomic E-state index is -0.924. The van der Waals surface area contributed by atoms with Gasteiger partial charge in [0.05, 0.1) is 6.54 Å². The van der Waals surface area contributed by atoms with E-state index in [4.69, 9.17) is 0 Å². The second-order valence-corrected chi connectivity index (χ2v) is 7.27. The Morgan fingerprint density at radius 1 is 1.38 bits per heavy atom. The summed E-state index contributed by atoms with van der Waals surface area (Å²) >= 11 is 0. The van der Waals surface area contributed by atoms with E-state index in [1.165, 1.54) is 0 Å². The Morgan fingerprint density at radius 3 is 2.67 bits per heavy atom. The lowest BCUT2D eigenvalue weighted by atomic mass is 9.72. The first kappa shape index (κ1) is 17.0. The highest BCUT2D eigenvalue weighted by molar-refractivity contribution is 5.84. The van der Waals surface area contributed by atoms with Gasteiger partial charge in [-0.25, -0.2) is 9.78 Å². The van der Waals surface area contributed by atoms with Crippen LogP contribution in [-0.2, 0) is 23.2 Å². The molecule has 0 aromatic carbocycles. The highest BCUT2D eigenvalue weighted by Gasteiger charge is 2.43. The number of aromatic nitrogens is 2. The lowest BCUT2D eigenvalue weighted by molar-refractivity contribution is -0.155. The molecule has 0 radical (unpaired) electrons. The topological polar surface area (TPSA) is 78.7 Å². The van der Waals surface area contributed by atoms with E-state index < -0.39 is 12.0 Å². The summed E-state index contributed by atoms with van der Waals surface area (Å²) in [7, 11) is 2.01.